The molecule has 0 unspecified atom stereocenters. The van der Waals surface area contributed by atoms with Crippen LogP contribution in [-0.2, 0) is 0 Å². The van der Waals surface area contributed by atoms with Crippen molar-refractivity contribution in [3.63, 3.8) is 0 Å². The molecule has 12 aromatic heterocycles. The van der Waals surface area contributed by atoms with Gasteiger partial charge < -0.3 is 13.7 Å². The molecule has 0 amide bonds. The van der Waals surface area contributed by atoms with Crippen LogP contribution in [0.3, 0.4) is 0 Å². The molecule has 0 saturated carbocycles. The van der Waals surface area contributed by atoms with Crippen molar-refractivity contribution in [3.8, 4) is 119 Å². The summed E-state index contributed by atoms with van der Waals surface area (Å²) >= 11 is 10.9. The Morgan fingerprint density at radius 3 is 0.904 bits per heavy atom. The van der Waals surface area contributed by atoms with Gasteiger partial charge in [-0.25, -0.2) is 15.0 Å². The predicted molar refractivity (Wildman–Crippen MR) is 472 cm³/mol. The van der Waals surface area contributed by atoms with E-state index in [1.165, 1.54) is 0 Å². The van der Waals surface area contributed by atoms with Gasteiger partial charge in [-0.1, -0.05) is 169 Å². The van der Waals surface area contributed by atoms with Gasteiger partial charge in [0.15, 0.2) is 5.82 Å². The van der Waals surface area contributed by atoms with Crippen molar-refractivity contribution in [1.29, 1.82) is 0 Å². The fourth-order valence-corrected chi connectivity index (χ4v) is 16.0. The van der Waals surface area contributed by atoms with Gasteiger partial charge in [-0.2, -0.15) is 0 Å². The smallest absolute Gasteiger partial charge is 0.160 e. The van der Waals surface area contributed by atoms with Gasteiger partial charge in [0.25, 0.3) is 0 Å². The molecule has 114 heavy (non-hydrogen) atoms. The molecule has 9 aromatic carbocycles. The van der Waals surface area contributed by atoms with E-state index in [1.54, 1.807) is 12.4 Å². The predicted octanol–water partition coefficient (Wildman–Crippen LogP) is 25.6. The second-order valence-electron chi connectivity index (χ2n) is 27.2. The number of fused-ring (bicyclic) bond motifs is 9. The molecule has 0 aliphatic heterocycles. The maximum atomic E-state index is 5.02. The summed E-state index contributed by atoms with van der Waals surface area (Å²) in [6, 6.07) is 114. The summed E-state index contributed by atoms with van der Waals surface area (Å²) in [4.78, 5) is 47.4. The van der Waals surface area contributed by atoms with Gasteiger partial charge in [0.1, 0.15) is 0 Å². The van der Waals surface area contributed by atoms with E-state index in [0.717, 1.165) is 192 Å². The molecule has 0 aliphatic rings. The summed E-state index contributed by atoms with van der Waals surface area (Å²) in [6.45, 7) is 0. The molecular weight excluding hydrogens is 1600 g/mol. The SMILES string of the molecule is Brc1ccc2c(c1)c1ncccc1n2-c1cccc(-c2cc(-c3ccccn3)cc(-c3ccccn3)c2)c1.Brc1ccc2c(c1)c1ncccc1n2-c1cccc(-c2cc(-c3ccccn3)nc(-c3ccccn3)c2)c1.Brc1ccc2c(c1)c1ncccc1n2-c1cccc(-c2nc(-c3ccccc3)cc(-c3ccccc3)n2)c1. The van der Waals surface area contributed by atoms with Crippen molar-refractivity contribution in [2.75, 3.05) is 0 Å². The largest absolute Gasteiger partial charge is 0.308 e. The number of halogens is 3. The molecule has 0 atom stereocenters. The molecule has 12 heterocycles. The Morgan fingerprint density at radius 1 is 0.184 bits per heavy atom. The van der Waals surface area contributed by atoms with Gasteiger partial charge in [-0.05, 0) is 235 Å². The molecule has 21 aromatic rings. The van der Waals surface area contributed by atoms with E-state index in [0.29, 0.717) is 5.82 Å². The molecule has 540 valence electrons. The van der Waals surface area contributed by atoms with Crippen LogP contribution < -0.4 is 0 Å². The van der Waals surface area contributed by atoms with Gasteiger partial charge in [-0.3, -0.25) is 34.9 Å². The first-order valence-corrected chi connectivity index (χ1v) is 39.4. The number of pyridine rings is 8. The van der Waals surface area contributed by atoms with E-state index in [9.17, 15) is 0 Å². The summed E-state index contributed by atoms with van der Waals surface area (Å²) < 4.78 is 9.92. The van der Waals surface area contributed by atoms with Crippen LogP contribution in [0.5, 0.6) is 0 Å². The summed E-state index contributed by atoms with van der Waals surface area (Å²) in [5.74, 6) is 0.689. The van der Waals surface area contributed by atoms with E-state index in [-0.39, 0.29) is 0 Å². The number of benzene rings is 9. The van der Waals surface area contributed by atoms with Crippen LogP contribution >= 0.6 is 47.8 Å². The maximum absolute atomic E-state index is 5.02. The zero-order chi connectivity index (χ0) is 76.4. The summed E-state index contributed by atoms with van der Waals surface area (Å²) in [5, 5.41) is 3.34. The topological polar surface area (TPSA) is 144 Å². The molecular formula is C98H62Br3N13. The number of hydrogen-bond donors (Lipinski definition) is 0. The first-order chi connectivity index (χ1) is 56.2. The first kappa shape index (κ1) is 70.5. The van der Waals surface area contributed by atoms with Crippen LogP contribution in [0.2, 0.25) is 0 Å². The van der Waals surface area contributed by atoms with Gasteiger partial charge in [0.2, 0.25) is 0 Å². The third-order valence-corrected chi connectivity index (χ3v) is 21.6. The van der Waals surface area contributed by atoms with Crippen LogP contribution in [0.25, 0.3) is 184 Å². The number of hydrogen-bond acceptors (Lipinski definition) is 10. The maximum Gasteiger partial charge on any atom is 0.160 e. The van der Waals surface area contributed by atoms with Crippen molar-refractivity contribution in [1.82, 2.24) is 63.5 Å². The molecule has 21 rings (SSSR count). The quantitative estimate of drug-likeness (QED) is 0.116. The van der Waals surface area contributed by atoms with E-state index in [4.69, 9.17) is 29.9 Å². The van der Waals surface area contributed by atoms with Crippen LogP contribution in [0, 0.1) is 0 Å². The van der Waals surface area contributed by atoms with Crippen LogP contribution in [0.4, 0.5) is 0 Å². The Labute approximate surface area is 680 Å². The zero-order valence-corrected chi connectivity index (χ0v) is 65.5. The average Bonchev–Trinajstić information content (AvgIpc) is 1.69. The first-order valence-electron chi connectivity index (χ1n) is 37.0. The lowest BCUT2D eigenvalue weighted by molar-refractivity contribution is 1.15. The summed E-state index contributed by atoms with van der Waals surface area (Å²) in [7, 11) is 0. The monoisotopic (exact) mass is 1660 g/mol. The van der Waals surface area contributed by atoms with Crippen molar-refractivity contribution < 1.29 is 0 Å². The number of rotatable bonds is 12. The zero-order valence-electron chi connectivity index (χ0n) is 60.7. The number of nitrogens with zero attached hydrogens (tertiary/aromatic N) is 13. The molecule has 0 aliphatic carbocycles. The van der Waals surface area contributed by atoms with Crippen molar-refractivity contribution in [3.05, 3.63) is 390 Å². The standard InChI is InChI=1S/2C33H21BrN4.C32H20BrN5/c34-26-12-13-31-28(21-26)33-32(11-6-16-37-33)38(31)27-8-5-7-22(20-27)23-17-24(29-9-1-3-14-35-29)19-25(18-23)30-10-2-4-15-36-30;34-25-16-17-30-27(20-25)32-31(15-8-18-35-32)38(30)26-14-7-13-24(19-26)33-36-28(22-9-3-1-4-10-22)21-29(37-33)23-11-5-2-6-12-23;33-23-12-13-30-25(20-23)32-31(11-6-16-36-32)38(30)24-8-5-7-21(17-24)22-18-28(26-9-1-3-14-34-26)37-29(19-22)27-10-2-4-15-35-27/h2*1-21H;1-20H. The lowest BCUT2D eigenvalue weighted by Gasteiger charge is -2.13. The van der Waals surface area contributed by atoms with E-state index in [1.807, 2.05) is 158 Å². The van der Waals surface area contributed by atoms with Gasteiger partial charge in [0.05, 0.1) is 95.2 Å². The molecule has 0 spiro atoms. The van der Waals surface area contributed by atoms with E-state index >= 15 is 0 Å². The lowest BCUT2D eigenvalue weighted by atomic mass is 9.96. The van der Waals surface area contributed by atoms with E-state index in [2.05, 4.69) is 288 Å². The Hall–Kier alpha value is -13.9. The Kier molecular flexibility index (Phi) is 19.2. The normalized spacial score (nSPS) is 11.3. The van der Waals surface area contributed by atoms with Crippen molar-refractivity contribution in [2.24, 2.45) is 0 Å². The molecule has 0 saturated heterocycles. The summed E-state index contributed by atoms with van der Waals surface area (Å²) in [5.41, 5.74) is 29.1. The second-order valence-corrected chi connectivity index (χ2v) is 30.0. The molecule has 0 fully saturated rings. The minimum Gasteiger partial charge on any atom is -0.308 e. The molecule has 16 heteroatoms. The fourth-order valence-electron chi connectivity index (χ4n) is 14.9. The highest BCUT2D eigenvalue weighted by Crippen LogP contribution is 2.41. The molecule has 13 nitrogen and oxygen atoms in total. The van der Waals surface area contributed by atoms with E-state index < -0.39 is 0 Å². The van der Waals surface area contributed by atoms with Gasteiger partial charge >= 0.3 is 0 Å². The molecule has 0 bridgehead atoms. The third-order valence-electron chi connectivity index (χ3n) is 20.1. The Bertz CT molecular complexity index is 6290. The summed E-state index contributed by atoms with van der Waals surface area (Å²) in [6.07, 6.45) is 12.8. The second kappa shape index (κ2) is 31.1. The number of aromatic nitrogens is 13. The van der Waals surface area contributed by atoms with Crippen molar-refractivity contribution in [2.45, 2.75) is 0 Å². The molecule has 0 N–H and O–H groups in total. The Morgan fingerprint density at radius 2 is 0.518 bits per heavy atom. The molecule has 0 radical (unpaired) electrons. The van der Waals surface area contributed by atoms with Crippen LogP contribution in [-0.4, -0.2) is 63.5 Å². The van der Waals surface area contributed by atoms with Crippen LogP contribution in [0.1, 0.15) is 0 Å². The van der Waals surface area contributed by atoms with Gasteiger partial charge in [0, 0.05) is 118 Å². The van der Waals surface area contributed by atoms with Crippen LogP contribution in [0.15, 0.2) is 390 Å². The Balaban J connectivity index is 0.000000115. The third kappa shape index (κ3) is 14.1. The highest BCUT2D eigenvalue weighted by molar-refractivity contribution is 9.11. The highest BCUT2D eigenvalue weighted by atomic mass is 79.9. The highest BCUT2D eigenvalue weighted by Gasteiger charge is 2.21. The lowest BCUT2D eigenvalue weighted by Crippen LogP contribution is -1.98. The van der Waals surface area contributed by atoms with Gasteiger partial charge in [-0.15, -0.1) is 0 Å². The van der Waals surface area contributed by atoms with Crippen molar-refractivity contribution >= 4 is 114 Å². The minimum atomic E-state index is 0.689. The fraction of sp³-hybridized carbons (Fsp3) is 0. The minimum absolute atomic E-state index is 0.689. The average molecular weight is 1660 g/mol.